The highest BCUT2D eigenvalue weighted by atomic mass is 16.5. The van der Waals surface area contributed by atoms with Gasteiger partial charge in [-0.1, -0.05) is 30.4 Å². The summed E-state index contributed by atoms with van der Waals surface area (Å²) in [6, 6.07) is 9.47. The number of aromatic nitrogens is 1. The second-order valence-electron chi connectivity index (χ2n) is 6.30. The van der Waals surface area contributed by atoms with Gasteiger partial charge in [-0.15, -0.1) is 0 Å². The van der Waals surface area contributed by atoms with E-state index in [-0.39, 0.29) is 5.97 Å². The van der Waals surface area contributed by atoms with Gasteiger partial charge in [0.15, 0.2) is 0 Å². The predicted molar refractivity (Wildman–Crippen MR) is 92.4 cm³/mol. The Balaban J connectivity index is 2.33. The zero-order chi connectivity index (χ0) is 17.9. The van der Waals surface area contributed by atoms with E-state index in [0.29, 0.717) is 5.69 Å². The van der Waals surface area contributed by atoms with Crippen LogP contribution < -0.4 is 0 Å². The van der Waals surface area contributed by atoms with Crippen LogP contribution >= 0.6 is 0 Å². The van der Waals surface area contributed by atoms with Crippen LogP contribution in [0.3, 0.4) is 0 Å². The Morgan fingerprint density at radius 1 is 1.25 bits per heavy atom. The van der Waals surface area contributed by atoms with Gasteiger partial charge in [-0.25, -0.2) is 4.98 Å². The molecule has 0 saturated carbocycles. The molecule has 1 aromatic carbocycles. The number of carboxylic acid groups (broad SMARTS) is 1. The molecule has 0 unspecified atom stereocenters. The van der Waals surface area contributed by atoms with Crippen LogP contribution in [-0.2, 0) is 14.3 Å². The first-order valence-corrected chi connectivity index (χ1v) is 7.69. The number of rotatable bonds is 5. The Kier molecular flexibility index (Phi) is 5.02. The average molecular weight is 327 g/mol. The van der Waals surface area contributed by atoms with E-state index in [0.717, 1.165) is 16.5 Å². The second-order valence-corrected chi connectivity index (χ2v) is 6.30. The Hall–Kier alpha value is -2.69. The topological polar surface area (TPSA) is 76.5 Å². The van der Waals surface area contributed by atoms with Crippen molar-refractivity contribution in [1.29, 1.82) is 0 Å². The van der Waals surface area contributed by atoms with Crippen molar-refractivity contribution >= 4 is 28.9 Å². The first-order chi connectivity index (χ1) is 11.2. The Morgan fingerprint density at radius 3 is 2.54 bits per heavy atom. The van der Waals surface area contributed by atoms with Crippen molar-refractivity contribution in [2.24, 2.45) is 5.41 Å². The number of nitrogens with zero attached hydrogens (tertiary/aromatic N) is 1. The number of carbonyl (C=O) groups excluding carboxylic acids is 1. The maximum atomic E-state index is 11.2. The number of aliphatic carboxylic acids is 1. The fraction of sp³-hybridized carbons (Fsp3) is 0.316. The molecule has 0 saturated heterocycles. The van der Waals surface area contributed by atoms with Crippen molar-refractivity contribution in [3.63, 3.8) is 0 Å². The molecule has 126 valence electrons. The largest absolute Gasteiger partial charge is 0.481 e. The molecule has 2 aromatic rings. The first kappa shape index (κ1) is 17.7. The zero-order valence-corrected chi connectivity index (χ0v) is 14.2. The first-order valence-electron chi connectivity index (χ1n) is 7.69. The van der Waals surface area contributed by atoms with Gasteiger partial charge in [-0.05, 0) is 38.5 Å². The smallest absolute Gasteiger partial charge is 0.312 e. The maximum Gasteiger partial charge on any atom is 0.312 e. The number of carboxylic acids is 1. The van der Waals surface area contributed by atoms with Gasteiger partial charge in [0.05, 0.1) is 16.6 Å². The number of esters is 1. The minimum Gasteiger partial charge on any atom is -0.481 e. The number of pyridine rings is 1. The van der Waals surface area contributed by atoms with Crippen molar-refractivity contribution in [2.75, 3.05) is 0 Å². The van der Waals surface area contributed by atoms with E-state index in [1.165, 1.54) is 6.92 Å². The van der Waals surface area contributed by atoms with Gasteiger partial charge in [-0.3, -0.25) is 9.59 Å². The molecule has 0 bridgehead atoms. The van der Waals surface area contributed by atoms with Crippen molar-refractivity contribution in [3.8, 4) is 0 Å². The third-order valence-corrected chi connectivity index (χ3v) is 3.74. The van der Waals surface area contributed by atoms with Crippen molar-refractivity contribution in [3.05, 3.63) is 47.7 Å². The molecular weight excluding hydrogens is 306 g/mol. The number of benzene rings is 1. The molecule has 1 N–H and O–H groups in total. The fourth-order valence-corrected chi connectivity index (χ4v) is 2.17. The number of carbonyl (C=O) groups is 2. The van der Waals surface area contributed by atoms with Crippen LogP contribution in [0.2, 0.25) is 0 Å². The van der Waals surface area contributed by atoms with Gasteiger partial charge in [0.1, 0.15) is 6.10 Å². The van der Waals surface area contributed by atoms with Crippen LogP contribution in [0.4, 0.5) is 0 Å². The molecule has 1 heterocycles. The van der Waals surface area contributed by atoms with Crippen LogP contribution in [-0.4, -0.2) is 22.0 Å². The van der Waals surface area contributed by atoms with Crippen molar-refractivity contribution in [1.82, 2.24) is 4.98 Å². The van der Waals surface area contributed by atoms with Crippen molar-refractivity contribution < 1.29 is 19.4 Å². The zero-order valence-electron chi connectivity index (χ0n) is 14.2. The van der Waals surface area contributed by atoms with E-state index in [1.807, 2.05) is 30.3 Å². The summed E-state index contributed by atoms with van der Waals surface area (Å²) in [6.07, 6.45) is 3.01. The lowest BCUT2D eigenvalue weighted by atomic mass is 9.92. The number of hydrogen-bond acceptors (Lipinski definition) is 4. The predicted octanol–water partition coefficient (Wildman–Crippen LogP) is 3.98. The molecule has 1 aromatic heterocycles. The van der Waals surface area contributed by atoms with Gasteiger partial charge in [-0.2, -0.15) is 0 Å². The third kappa shape index (κ3) is 4.19. The third-order valence-electron chi connectivity index (χ3n) is 3.74. The van der Waals surface area contributed by atoms with E-state index in [1.54, 1.807) is 32.9 Å². The molecule has 0 aliphatic heterocycles. The molecule has 24 heavy (non-hydrogen) atoms. The fourth-order valence-electron chi connectivity index (χ4n) is 2.17. The van der Waals surface area contributed by atoms with Crippen LogP contribution in [0, 0.1) is 5.41 Å². The summed E-state index contributed by atoms with van der Waals surface area (Å²) in [6.45, 7) is 6.42. The molecule has 5 heteroatoms. The summed E-state index contributed by atoms with van der Waals surface area (Å²) in [4.78, 5) is 26.8. The van der Waals surface area contributed by atoms with Crippen LogP contribution in [0.1, 0.15) is 45.1 Å². The van der Waals surface area contributed by atoms with E-state index >= 15 is 0 Å². The molecule has 2 rings (SSSR count). The average Bonchev–Trinajstić information content (AvgIpc) is 2.51. The molecular formula is C19H21NO4. The summed E-state index contributed by atoms with van der Waals surface area (Å²) in [7, 11) is 0. The van der Waals surface area contributed by atoms with Gasteiger partial charge in [0, 0.05) is 12.3 Å². The molecule has 0 aliphatic rings. The minimum atomic E-state index is -0.936. The molecule has 5 nitrogen and oxygen atoms in total. The maximum absolute atomic E-state index is 11.2. The molecule has 0 amide bonds. The molecule has 0 radical (unpaired) electrons. The molecule has 0 spiro atoms. The molecule has 0 aliphatic carbocycles. The van der Waals surface area contributed by atoms with E-state index in [4.69, 9.17) is 9.84 Å². The van der Waals surface area contributed by atoms with Crippen molar-refractivity contribution in [2.45, 2.75) is 33.8 Å². The lowest BCUT2D eigenvalue weighted by molar-refractivity contribution is -0.146. The Bertz CT molecular complexity index is 808. The highest BCUT2D eigenvalue weighted by molar-refractivity contribution is 5.82. The number of hydrogen-bond donors (Lipinski definition) is 1. The van der Waals surface area contributed by atoms with Gasteiger partial charge < -0.3 is 9.84 Å². The highest BCUT2D eigenvalue weighted by Crippen LogP contribution is 2.23. The van der Waals surface area contributed by atoms with Gasteiger partial charge in [0.25, 0.3) is 0 Å². The lowest BCUT2D eigenvalue weighted by Gasteiger charge is -2.13. The Morgan fingerprint density at radius 2 is 1.92 bits per heavy atom. The molecule has 1 atom stereocenters. The van der Waals surface area contributed by atoms with E-state index < -0.39 is 17.5 Å². The number of ether oxygens (including phenoxy) is 1. The lowest BCUT2D eigenvalue weighted by Crippen LogP contribution is -2.20. The van der Waals surface area contributed by atoms with Gasteiger partial charge >= 0.3 is 11.9 Å². The summed E-state index contributed by atoms with van der Waals surface area (Å²) >= 11 is 0. The monoisotopic (exact) mass is 327 g/mol. The number of fused-ring (bicyclic) bond motifs is 1. The standard InChI is InChI=1S/C19H21NO4/c1-12(24-13(2)21)16-8-7-15-6-5-14(11-17(15)20-16)9-10-19(3,4)18(22)23/h5-12H,1-4H3,(H,22,23)/b10-9+/t12-/m1/s1. The minimum absolute atomic E-state index is 0.350. The van der Waals surface area contributed by atoms with E-state index in [9.17, 15) is 9.59 Å². The van der Waals surface area contributed by atoms with Crippen LogP contribution in [0.15, 0.2) is 36.4 Å². The summed E-state index contributed by atoms with van der Waals surface area (Å²) < 4.78 is 5.15. The van der Waals surface area contributed by atoms with Gasteiger partial charge in [0.2, 0.25) is 0 Å². The molecule has 0 fully saturated rings. The second kappa shape index (κ2) is 6.83. The summed E-state index contributed by atoms with van der Waals surface area (Å²) in [5.74, 6) is -1.23. The van der Waals surface area contributed by atoms with Crippen LogP contribution in [0.25, 0.3) is 17.0 Å². The van der Waals surface area contributed by atoms with Crippen LogP contribution in [0.5, 0.6) is 0 Å². The summed E-state index contributed by atoms with van der Waals surface area (Å²) in [5, 5.41) is 10.1. The Labute approximate surface area is 141 Å². The summed E-state index contributed by atoms with van der Waals surface area (Å²) in [5.41, 5.74) is 1.36. The van der Waals surface area contributed by atoms with E-state index in [2.05, 4.69) is 4.98 Å². The SMILES string of the molecule is CC(=O)O[C@H](C)c1ccc2ccc(/C=C/C(C)(C)C(=O)O)cc2n1. The quantitative estimate of drug-likeness (QED) is 0.841. The highest BCUT2D eigenvalue weighted by Gasteiger charge is 2.23. The normalized spacial score (nSPS) is 13.2.